The molecule has 0 radical (unpaired) electrons. The van der Waals surface area contributed by atoms with Gasteiger partial charge in [0.25, 0.3) is 5.91 Å². The number of fused-ring (bicyclic) bond motifs is 1. The number of aromatic amines is 1. The van der Waals surface area contributed by atoms with Crippen LogP contribution in [0.4, 0.5) is 0 Å². The number of aryl methyl sites for hydroxylation is 1. The van der Waals surface area contributed by atoms with Gasteiger partial charge in [0.15, 0.2) is 17.3 Å². The molecule has 0 unspecified atom stereocenters. The lowest BCUT2D eigenvalue weighted by Gasteiger charge is -2.26. The molecule has 0 spiro atoms. The van der Waals surface area contributed by atoms with E-state index >= 15 is 0 Å². The largest absolute Gasteiger partial charge is 0.463 e. The summed E-state index contributed by atoms with van der Waals surface area (Å²) in [7, 11) is 0. The van der Waals surface area contributed by atoms with Crippen molar-refractivity contribution in [2.75, 3.05) is 6.54 Å². The lowest BCUT2D eigenvalue weighted by atomic mass is 10.2. The number of amides is 1. The average Bonchev–Trinajstić information content (AvgIpc) is 3.27. The molecular formula is C14H14N6O2. The van der Waals surface area contributed by atoms with Crippen LogP contribution in [0.3, 0.4) is 0 Å². The van der Waals surface area contributed by atoms with Gasteiger partial charge >= 0.3 is 0 Å². The summed E-state index contributed by atoms with van der Waals surface area (Å²) in [5.74, 6) is 2.21. The Balaban J connectivity index is 1.55. The van der Waals surface area contributed by atoms with Gasteiger partial charge in [-0.1, -0.05) is 0 Å². The molecule has 8 heteroatoms. The molecule has 8 nitrogen and oxygen atoms in total. The van der Waals surface area contributed by atoms with Crippen molar-refractivity contribution < 1.29 is 9.21 Å². The molecule has 0 aliphatic carbocycles. The number of nitrogens with zero attached hydrogens (tertiary/aromatic N) is 5. The lowest BCUT2D eigenvalue weighted by Crippen LogP contribution is -2.38. The normalized spacial score (nSPS) is 14.1. The third-order valence-corrected chi connectivity index (χ3v) is 3.81. The van der Waals surface area contributed by atoms with E-state index in [0.717, 1.165) is 11.6 Å². The number of carbonyl (C=O) groups is 1. The number of furan rings is 1. The van der Waals surface area contributed by atoms with Crippen molar-refractivity contribution in [1.29, 1.82) is 0 Å². The summed E-state index contributed by atoms with van der Waals surface area (Å²) in [6, 6.07) is 5.30. The molecule has 1 aliphatic rings. The van der Waals surface area contributed by atoms with Gasteiger partial charge in [-0.2, -0.15) is 5.10 Å². The van der Waals surface area contributed by atoms with Crippen LogP contribution in [-0.4, -0.2) is 42.3 Å². The summed E-state index contributed by atoms with van der Waals surface area (Å²) in [5.41, 5.74) is 1.06. The molecule has 0 aromatic carbocycles. The number of H-pyrrole nitrogens is 1. The highest BCUT2D eigenvalue weighted by molar-refractivity contribution is 5.93. The predicted octanol–water partition coefficient (Wildman–Crippen LogP) is 1.23. The molecule has 22 heavy (non-hydrogen) atoms. The highest BCUT2D eigenvalue weighted by atomic mass is 16.3. The summed E-state index contributed by atoms with van der Waals surface area (Å²) in [5, 5.41) is 15.1. The molecule has 4 heterocycles. The summed E-state index contributed by atoms with van der Waals surface area (Å²) >= 11 is 0. The summed E-state index contributed by atoms with van der Waals surface area (Å²) in [4.78, 5) is 14.3. The summed E-state index contributed by atoms with van der Waals surface area (Å²) in [6.45, 7) is 3.68. The average molecular weight is 298 g/mol. The molecule has 3 aromatic heterocycles. The fourth-order valence-electron chi connectivity index (χ4n) is 2.63. The maximum absolute atomic E-state index is 12.6. The quantitative estimate of drug-likeness (QED) is 0.768. The smallest absolute Gasteiger partial charge is 0.274 e. The Bertz CT molecular complexity index is 816. The third kappa shape index (κ3) is 2.00. The monoisotopic (exact) mass is 298 g/mol. The second-order valence-electron chi connectivity index (χ2n) is 5.19. The van der Waals surface area contributed by atoms with Crippen molar-refractivity contribution in [3.63, 3.8) is 0 Å². The van der Waals surface area contributed by atoms with Crippen LogP contribution < -0.4 is 0 Å². The Morgan fingerprint density at radius 3 is 3.09 bits per heavy atom. The van der Waals surface area contributed by atoms with Crippen molar-refractivity contribution >= 4 is 5.91 Å². The second-order valence-corrected chi connectivity index (χ2v) is 5.19. The first-order chi connectivity index (χ1) is 10.7. The van der Waals surface area contributed by atoms with Crippen molar-refractivity contribution in [2.24, 2.45) is 0 Å². The van der Waals surface area contributed by atoms with Crippen molar-refractivity contribution in [3.05, 3.63) is 41.8 Å². The Kier molecular flexibility index (Phi) is 2.81. The van der Waals surface area contributed by atoms with Gasteiger partial charge in [0.1, 0.15) is 11.5 Å². The standard InChI is InChI=1S/C14H14N6O2/c1-9-15-18-13-8-19(4-5-20(9)13)14(21)11-7-10(16-17-11)12-3-2-6-22-12/h2-3,6-7H,4-5,8H2,1H3,(H,16,17). The molecule has 0 bridgehead atoms. The minimum Gasteiger partial charge on any atom is -0.463 e. The van der Waals surface area contributed by atoms with Crippen LogP contribution in [-0.2, 0) is 13.1 Å². The van der Waals surface area contributed by atoms with Crippen LogP contribution in [0.2, 0.25) is 0 Å². The zero-order valence-electron chi connectivity index (χ0n) is 12.0. The van der Waals surface area contributed by atoms with E-state index in [1.165, 1.54) is 0 Å². The van der Waals surface area contributed by atoms with Gasteiger partial charge in [-0.25, -0.2) is 0 Å². The Hall–Kier alpha value is -2.90. The van der Waals surface area contributed by atoms with Gasteiger partial charge in [0.05, 0.1) is 12.8 Å². The fourth-order valence-corrected chi connectivity index (χ4v) is 2.63. The van der Waals surface area contributed by atoms with Gasteiger partial charge in [-0.05, 0) is 19.1 Å². The van der Waals surface area contributed by atoms with E-state index in [4.69, 9.17) is 4.42 Å². The molecule has 3 aromatic rings. The molecule has 0 fully saturated rings. The maximum Gasteiger partial charge on any atom is 0.274 e. The first kappa shape index (κ1) is 12.8. The third-order valence-electron chi connectivity index (χ3n) is 3.81. The van der Waals surface area contributed by atoms with Crippen LogP contribution in [0, 0.1) is 6.92 Å². The minimum atomic E-state index is -0.124. The topological polar surface area (TPSA) is 92.8 Å². The van der Waals surface area contributed by atoms with Crippen LogP contribution in [0.25, 0.3) is 11.5 Å². The predicted molar refractivity (Wildman–Crippen MR) is 75.8 cm³/mol. The zero-order chi connectivity index (χ0) is 15.1. The van der Waals surface area contributed by atoms with Crippen LogP contribution in [0.1, 0.15) is 22.1 Å². The number of nitrogens with one attached hydrogen (secondary N) is 1. The number of carbonyl (C=O) groups excluding carboxylic acids is 1. The van der Waals surface area contributed by atoms with Gasteiger partial charge in [0, 0.05) is 19.2 Å². The van der Waals surface area contributed by atoms with E-state index in [0.29, 0.717) is 36.8 Å². The van der Waals surface area contributed by atoms with Crippen molar-refractivity contribution in [2.45, 2.75) is 20.0 Å². The van der Waals surface area contributed by atoms with Crippen molar-refractivity contribution in [1.82, 2.24) is 29.9 Å². The van der Waals surface area contributed by atoms with Crippen LogP contribution in [0.5, 0.6) is 0 Å². The highest BCUT2D eigenvalue weighted by Gasteiger charge is 2.26. The molecule has 0 saturated carbocycles. The molecule has 0 atom stereocenters. The first-order valence-corrected chi connectivity index (χ1v) is 6.99. The second kappa shape index (κ2) is 4.83. The lowest BCUT2D eigenvalue weighted by molar-refractivity contribution is 0.0700. The maximum atomic E-state index is 12.6. The van der Waals surface area contributed by atoms with E-state index < -0.39 is 0 Å². The number of hydrogen-bond donors (Lipinski definition) is 1. The van der Waals surface area contributed by atoms with E-state index in [1.54, 1.807) is 23.3 Å². The zero-order valence-corrected chi connectivity index (χ0v) is 12.0. The Morgan fingerprint density at radius 2 is 2.27 bits per heavy atom. The van der Waals surface area contributed by atoms with Gasteiger partial charge < -0.3 is 13.9 Å². The first-order valence-electron chi connectivity index (χ1n) is 6.99. The molecule has 1 N–H and O–H groups in total. The SMILES string of the molecule is Cc1nnc2n1CCN(C(=O)c1cc(-c3ccco3)[nH]n1)C2. The number of aromatic nitrogens is 5. The molecule has 112 valence electrons. The summed E-state index contributed by atoms with van der Waals surface area (Å²) in [6.07, 6.45) is 1.58. The van der Waals surface area contributed by atoms with E-state index in [2.05, 4.69) is 20.4 Å². The van der Waals surface area contributed by atoms with Crippen molar-refractivity contribution in [3.8, 4) is 11.5 Å². The molecule has 1 aliphatic heterocycles. The van der Waals surface area contributed by atoms with E-state index in [1.807, 2.05) is 17.6 Å². The van der Waals surface area contributed by atoms with Gasteiger partial charge in [-0.15, -0.1) is 10.2 Å². The number of rotatable bonds is 2. The molecule has 4 rings (SSSR count). The molecule has 1 amide bonds. The van der Waals surface area contributed by atoms with Crippen LogP contribution in [0.15, 0.2) is 28.9 Å². The van der Waals surface area contributed by atoms with E-state index in [-0.39, 0.29) is 5.91 Å². The summed E-state index contributed by atoms with van der Waals surface area (Å²) < 4.78 is 7.32. The Labute approximate surface area is 125 Å². The van der Waals surface area contributed by atoms with E-state index in [9.17, 15) is 4.79 Å². The highest BCUT2D eigenvalue weighted by Crippen LogP contribution is 2.20. The van der Waals surface area contributed by atoms with Gasteiger partial charge in [-0.3, -0.25) is 9.89 Å². The number of hydrogen-bond acceptors (Lipinski definition) is 5. The molecule has 0 saturated heterocycles. The van der Waals surface area contributed by atoms with Gasteiger partial charge in [0.2, 0.25) is 0 Å². The minimum absolute atomic E-state index is 0.124. The Morgan fingerprint density at radius 1 is 1.36 bits per heavy atom. The van der Waals surface area contributed by atoms with Crippen LogP contribution >= 0.6 is 0 Å². The molecular weight excluding hydrogens is 284 g/mol. The fraction of sp³-hybridized carbons (Fsp3) is 0.286.